The van der Waals surface area contributed by atoms with Gasteiger partial charge in [-0.3, -0.25) is 0 Å². The Morgan fingerprint density at radius 1 is 1.60 bits per heavy atom. The second kappa shape index (κ2) is 5.94. The second-order valence-corrected chi connectivity index (χ2v) is 6.44. The lowest BCUT2D eigenvalue weighted by Gasteiger charge is -2.22. The summed E-state index contributed by atoms with van der Waals surface area (Å²) in [5.41, 5.74) is 0.0930. The Morgan fingerprint density at radius 3 is 3.00 bits per heavy atom. The van der Waals surface area contributed by atoms with Crippen LogP contribution in [0.3, 0.4) is 0 Å². The van der Waals surface area contributed by atoms with Gasteiger partial charge in [-0.05, 0) is 19.9 Å². The van der Waals surface area contributed by atoms with E-state index in [2.05, 4.69) is 10.1 Å². The van der Waals surface area contributed by atoms with Gasteiger partial charge in [-0.2, -0.15) is 4.31 Å². The minimum absolute atomic E-state index is 0.0864. The van der Waals surface area contributed by atoms with Crippen LogP contribution in [0.25, 0.3) is 0 Å². The molecule has 0 bridgehead atoms. The summed E-state index contributed by atoms with van der Waals surface area (Å²) < 4.78 is 36.0. The van der Waals surface area contributed by atoms with Gasteiger partial charge in [0, 0.05) is 25.2 Å². The molecule has 0 saturated carbocycles. The third-order valence-corrected chi connectivity index (χ3v) is 5.14. The first-order valence-corrected chi connectivity index (χ1v) is 7.78. The number of esters is 1. The van der Waals surface area contributed by atoms with Gasteiger partial charge in [-0.25, -0.2) is 13.2 Å². The van der Waals surface area contributed by atoms with Gasteiger partial charge in [-0.15, -0.1) is 0 Å². The summed E-state index contributed by atoms with van der Waals surface area (Å²) in [5.74, 6) is -0.622. The summed E-state index contributed by atoms with van der Waals surface area (Å²) in [5, 5.41) is 2.76. The fraction of sp³-hybridized carbons (Fsp3) is 0.583. The zero-order chi connectivity index (χ0) is 14.8. The molecule has 7 nitrogen and oxygen atoms in total. The van der Waals surface area contributed by atoms with Crippen LogP contribution in [-0.4, -0.2) is 52.0 Å². The van der Waals surface area contributed by atoms with Crippen molar-refractivity contribution < 1.29 is 22.4 Å². The first-order chi connectivity index (χ1) is 9.50. The Morgan fingerprint density at radius 2 is 2.35 bits per heavy atom. The fourth-order valence-corrected chi connectivity index (χ4v) is 3.98. The van der Waals surface area contributed by atoms with Gasteiger partial charge < -0.3 is 14.5 Å². The van der Waals surface area contributed by atoms with Crippen molar-refractivity contribution >= 4 is 16.0 Å². The Labute approximate surface area is 117 Å². The first kappa shape index (κ1) is 15.0. The van der Waals surface area contributed by atoms with Crippen LogP contribution in [0.1, 0.15) is 23.2 Å². The first-order valence-electron chi connectivity index (χ1n) is 6.34. The zero-order valence-electron chi connectivity index (χ0n) is 11.5. The quantitative estimate of drug-likeness (QED) is 0.794. The number of hydrogen-bond acceptors (Lipinski definition) is 6. The van der Waals surface area contributed by atoms with Crippen LogP contribution in [0, 0.1) is 0 Å². The molecule has 1 unspecified atom stereocenters. The topological polar surface area (TPSA) is 88.9 Å². The number of ether oxygens (including phenoxy) is 1. The summed E-state index contributed by atoms with van der Waals surface area (Å²) in [6.45, 7) is 1.05. The van der Waals surface area contributed by atoms with Gasteiger partial charge in [0.2, 0.25) is 5.09 Å². The fourth-order valence-electron chi connectivity index (χ4n) is 2.36. The van der Waals surface area contributed by atoms with Crippen molar-refractivity contribution in [1.29, 1.82) is 0 Å². The molecule has 1 aliphatic heterocycles. The Kier molecular flexibility index (Phi) is 4.46. The molecule has 1 aromatic heterocycles. The van der Waals surface area contributed by atoms with Crippen LogP contribution < -0.4 is 5.32 Å². The summed E-state index contributed by atoms with van der Waals surface area (Å²) >= 11 is 0. The third kappa shape index (κ3) is 2.72. The minimum atomic E-state index is -3.71. The molecule has 112 valence electrons. The smallest absolute Gasteiger partial charge is 0.341 e. The molecule has 1 aromatic rings. The lowest BCUT2D eigenvalue weighted by Crippen LogP contribution is -2.40. The molecule has 0 spiro atoms. The maximum atomic E-state index is 12.5. The van der Waals surface area contributed by atoms with E-state index in [4.69, 9.17) is 4.42 Å². The van der Waals surface area contributed by atoms with Gasteiger partial charge in [0.15, 0.2) is 0 Å². The molecule has 1 aliphatic rings. The van der Waals surface area contributed by atoms with Crippen molar-refractivity contribution in [2.24, 2.45) is 0 Å². The van der Waals surface area contributed by atoms with E-state index in [1.54, 1.807) is 7.05 Å². The van der Waals surface area contributed by atoms with Gasteiger partial charge in [0.25, 0.3) is 10.0 Å². The Balaban J connectivity index is 2.26. The largest absolute Gasteiger partial charge is 0.465 e. The number of methoxy groups -OCH3 is 1. The highest BCUT2D eigenvalue weighted by Gasteiger charge is 2.37. The highest BCUT2D eigenvalue weighted by molar-refractivity contribution is 7.89. The molecule has 1 fully saturated rings. The number of hydrogen-bond donors (Lipinski definition) is 1. The van der Waals surface area contributed by atoms with E-state index in [1.165, 1.54) is 17.5 Å². The SMILES string of the molecule is CNCC1CCCN1S(=O)(=O)c1cc(C(=O)OC)co1. The summed E-state index contributed by atoms with van der Waals surface area (Å²) in [6, 6.07) is 1.12. The van der Waals surface area contributed by atoms with Gasteiger partial charge in [0.1, 0.15) is 6.26 Å². The number of likely N-dealkylation sites (N-methyl/N-ethyl adjacent to an activating group) is 1. The van der Waals surface area contributed by atoms with Crippen molar-refractivity contribution in [3.63, 3.8) is 0 Å². The van der Waals surface area contributed by atoms with E-state index in [9.17, 15) is 13.2 Å². The standard InChI is InChI=1S/C12H18N2O5S/c1-13-7-10-4-3-5-14(10)20(16,17)11-6-9(8-19-11)12(15)18-2/h6,8,10,13H,3-5,7H2,1-2H3. The number of carbonyl (C=O) groups is 1. The zero-order valence-corrected chi connectivity index (χ0v) is 12.3. The number of sulfonamides is 1. The third-order valence-electron chi connectivity index (χ3n) is 3.32. The van der Waals surface area contributed by atoms with Gasteiger partial charge in [0.05, 0.1) is 12.7 Å². The van der Waals surface area contributed by atoms with E-state index in [1.807, 2.05) is 0 Å². The average Bonchev–Trinajstić information content (AvgIpc) is 3.07. The molecule has 20 heavy (non-hydrogen) atoms. The Bertz CT molecular complexity index is 580. The summed E-state index contributed by atoms with van der Waals surface area (Å²) in [6.07, 6.45) is 2.72. The predicted octanol–water partition coefficient (Wildman–Crippen LogP) is 0.439. The number of rotatable bonds is 5. The van der Waals surface area contributed by atoms with E-state index in [-0.39, 0.29) is 16.7 Å². The highest BCUT2D eigenvalue weighted by Crippen LogP contribution is 2.27. The molecule has 0 aliphatic carbocycles. The molecular formula is C12H18N2O5S. The molecular weight excluding hydrogens is 284 g/mol. The van der Waals surface area contributed by atoms with Crippen LogP contribution in [0.2, 0.25) is 0 Å². The summed E-state index contributed by atoms with van der Waals surface area (Å²) in [7, 11) is -0.700. The molecule has 0 amide bonds. The number of nitrogens with one attached hydrogen (secondary N) is 1. The van der Waals surface area contributed by atoms with Crippen molar-refractivity contribution in [2.75, 3.05) is 27.2 Å². The maximum absolute atomic E-state index is 12.5. The van der Waals surface area contributed by atoms with Crippen molar-refractivity contribution in [3.8, 4) is 0 Å². The molecule has 0 radical (unpaired) electrons. The second-order valence-electron chi connectivity index (χ2n) is 4.62. The minimum Gasteiger partial charge on any atom is -0.465 e. The molecule has 2 rings (SSSR count). The van der Waals surface area contributed by atoms with Crippen LogP contribution in [0.5, 0.6) is 0 Å². The van der Waals surface area contributed by atoms with Crippen molar-refractivity contribution in [2.45, 2.75) is 24.0 Å². The van der Waals surface area contributed by atoms with Gasteiger partial charge >= 0.3 is 5.97 Å². The Hall–Kier alpha value is -1.38. The lowest BCUT2D eigenvalue weighted by molar-refractivity contribution is 0.0600. The van der Waals surface area contributed by atoms with Crippen molar-refractivity contribution in [1.82, 2.24) is 9.62 Å². The normalized spacial score (nSPS) is 20.2. The van der Waals surface area contributed by atoms with Gasteiger partial charge in [-0.1, -0.05) is 0 Å². The van der Waals surface area contributed by atoms with Crippen molar-refractivity contribution in [3.05, 3.63) is 17.9 Å². The molecule has 8 heteroatoms. The molecule has 2 heterocycles. The number of nitrogens with zero attached hydrogens (tertiary/aromatic N) is 1. The van der Waals surface area contributed by atoms with Crippen LogP contribution in [-0.2, 0) is 14.8 Å². The summed E-state index contributed by atoms with van der Waals surface area (Å²) in [4.78, 5) is 11.3. The highest BCUT2D eigenvalue weighted by atomic mass is 32.2. The van der Waals surface area contributed by atoms with E-state index < -0.39 is 16.0 Å². The molecule has 0 aromatic carbocycles. The average molecular weight is 302 g/mol. The van der Waals surface area contributed by atoms with Crippen LogP contribution in [0.15, 0.2) is 21.8 Å². The number of carbonyl (C=O) groups excluding carboxylic acids is 1. The molecule has 1 atom stereocenters. The van der Waals surface area contributed by atoms with Crippen LogP contribution in [0.4, 0.5) is 0 Å². The monoisotopic (exact) mass is 302 g/mol. The van der Waals surface area contributed by atoms with E-state index >= 15 is 0 Å². The predicted molar refractivity (Wildman–Crippen MR) is 70.9 cm³/mol. The molecule has 1 N–H and O–H groups in total. The molecule has 1 saturated heterocycles. The lowest BCUT2D eigenvalue weighted by atomic mass is 10.2. The van der Waals surface area contributed by atoms with E-state index in [0.29, 0.717) is 13.1 Å². The van der Waals surface area contributed by atoms with Crippen LogP contribution >= 0.6 is 0 Å². The number of furan rings is 1. The van der Waals surface area contributed by atoms with E-state index in [0.717, 1.165) is 19.1 Å². The maximum Gasteiger partial charge on any atom is 0.341 e.